The SMILES string of the molecule is C[C@@H](NS(=O)(=O)c1ccccc1Cl)C(=O)N1CCOCC1. The summed E-state index contributed by atoms with van der Waals surface area (Å²) >= 11 is 5.89. The lowest BCUT2D eigenvalue weighted by Crippen LogP contribution is -2.50. The van der Waals surface area contributed by atoms with Crippen molar-refractivity contribution < 1.29 is 17.9 Å². The summed E-state index contributed by atoms with van der Waals surface area (Å²) < 4.78 is 32.1. The van der Waals surface area contributed by atoms with Crippen molar-refractivity contribution in [3.63, 3.8) is 0 Å². The third kappa shape index (κ3) is 3.94. The van der Waals surface area contributed by atoms with E-state index < -0.39 is 16.1 Å². The molecule has 1 saturated heterocycles. The van der Waals surface area contributed by atoms with Gasteiger partial charge >= 0.3 is 0 Å². The molecule has 0 saturated carbocycles. The molecule has 2 rings (SSSR count). The van der Waals surface area contributed by atoms with Crippen molar-refractivity contribution in [3.05, 3.63) is 29.3 Å². The third-order valence-corrected chi connectivity index (χ3v) is 5.19. The van der Waals surface area contributed by atoms with Crippen LogP contribution in [0.5, 0.6) is 0 Å². The first kappa shape index (κ1) is 16.2. The molecular formula is C13H17ClN2O4S. The summed E-state index contributed by atoms with van der Waals surface area (Å²) in [6.07, 6.45) is 0. The number of carbonyl (C=O) groups excluding carboxylic acids is 1. The molecule has 1 aliphatic rings. The van der Waals surface area contributed by atoms with E-state index in [4.69, 9.17) is 16.3 Å². The second kappa shape index (κ2) is 6.74. The molecule has 1 N–H and O–H groups in total. The molecular weight excluding hydrogens is 316 g/mol. The zero-order valence-corrected chi connectivity index (χ0v) is 13.2. The van der Waals surface area contributed by atoms with Crippen LogP contribution in [0.4, 0.5) is 0 Å². The summed E-state index contributed by atoms with van der Waals surface area (Å²) in [4.78, 5) is 13.8. The van der Waals surface area contributed by atoms with Gasteiger partial charge in [-0.05, 0) is 19.1 Å². The van der Waals surface area contributed by atoms with Crippen LogP contribution in [0.15, 0.2) is 29.2 Å². The smallest absolute Gasteiger partial charge is 0.242 e. The zero-order valence-electron chi connectivity index (χ0n) is 11.6. The van der Waals surface area contributed by atoms with Crippen LogP contribution in [0.3, 0.4) is 0 Å². The van der Waals surface area contributed by atoms with E-state index in [1.165, 1.54) is 19.1 Å². The molecule has 8 heteroatoms. The highest BCUT2D eigenvalue weighted by molar-refractivity contribution is 7.89. The lowest BCUT2D eigenvalue weighted by molar-refractivity contribution is -0.136. The second-order valence-corrected chi connectivity index (χ2v) is 6.80. The van der Waals surface area contributed by atoms with Gasteiger partial charge < -0.3 is 9.64 Å². The van der Waals surface area contributed by atoms with Crippen LogP contribution < -0.4 is 4.72 Å². The maximum Gasteiger partial charge on any atom is 0.242 e. The van der Waals surface area contributed by atoms with Gasteiger partial charge in [0.05, 0.1) is 24.3 Å². The quantitative estimate of drug-likeness (QED) is 0.887. The summed E-state index contributed by atoms with van der Waals surface area (Å²) in [7, 11) is -3.83. The number of ether oxygens (including phenoxy) is 1. The fourth-order valence-corrected chi connectivity index (χ4v) is 3.78. The number of nitrogens with one attached hydrogen (secondary N) is 1. The van der Waals surface area contributed by atoms with E-state index >= 15 is 0 Å². The Morgan fingerprint density at radius 3 is 2.57 bits per heavy atom. The van der Waals surface area contributed by atoms with Gasteiger partial charge in [-0.3, -0.25) is 4.79 Å². The van der Waals surface area contributed by atoms with Crippen molar-refractivity contribution >= 4 is 27.5 Å². The molecule has 116 valence electrons. The van der Waals surface area contributed by atoms with Gasteiger partial charge in [-0.1, -0.05) is 23.7 Å². The standard InChI is InChI=1S/C13H17ClN2O4S/c1-10(13(17)16-6-8-20-9-7-16)15-21(18,19)12-5-3-2-4-11(12)14/h2-5,10,15H,6-9H2,1H3/t10-/m1/s1. The molecule has 1 aromatic carbocycles. The average molecular weight is 333 g/mol. The molecule has 0 spiro atoms. The number of nitrogens with zero attached hydrogens (tertiary/aromatic N) is 1. The van der Waals surface area contributed by atoms with Crippen molar-refractivity contribution in [2.24, 2.45) is 0 Å². The van der Waals surface area contributed by atoms with Crippen molar-refractivity contribution in [1.82, 2.24) is 9.62 Å². The Balaban J connectivity index is 2.09. The lowest BCUT2D eigenvalue weighted by Gasteiger charge is -2.29. The first-order valence-electron chi connectivity index (χ1n) is 6.55. The predicted octanol–water partition coefficient (Wildman–Crippen LogP) is 0.866. The molecule has 1 atom stereocenters. The van der Waals surface area contributed by atoms with Crippen molar-refractivity contribution in [3.8, 4) is 0 Å². The zero-order chi connectivity index (χ0) is 15.5. The average Bonchev–Trinajstić information content (AvgIpc) is 2.47. The topological polar surface area (TPSA) is 75.7 Å². The minimum Gasteiger partial charge on any atom is -0.378 e. The highest BCUT2D eigenvalue weighted by Crippen LogP contribution is 2.20. The Bertz CT molecular complexity index is 614. The number of carbonyl (C=O) groups is 1. The van der Waals surface area contributed by atoms with E-state index in [0.717, 1.165) is 0 Å². The van der Waals surface area contributed by atoms with E-state index in [2.05, 4.69) is 4.72 Å². The number of rotatable bonds is 4. The Kier molecular flexibility index (Phi) is 5.21. The maximum atomic E-state index is 12.3. The molecule has 0 unspecified atom stereocenters. The summed E-state index contributed by atoms with van der Waals surface area (Å²) in [5.41, 5.74) is 0. The number of benzene rings is 1. The number of hydrogen-bond donors (Lipinski definition) is 1. The van der Waals surface area contributed by atoms with E-state index in [1.807, 2.05) is 0 Å². The van der Waals surface area contributed by atoms with Crippen molar-refractivity contribution in [2.75, 3.05) is 26.3 Å². The summed E-state index contributed by atoms with van der Waals surface area (Å²) in [5.74, 6) is -0.270. The van der Waals surface area contributed by atoms with Gasteiger partial charge in [0.25, 0.3) is 0 Å². The van der Waals surface area contributed by atoms with Crippen LogP contribution >= 0.6 is 11.6 Å². The Morgan fingerprint density at radius 1 is 1.33 bits per heavy atom. The molecule has 1 aliphatic heterocycles. The molecule has 0 aromatic heterocycles. The van der Waals surface area contributed by atoms with Gasteiger partial charge in [-0.15, -0.1) is 0 Å². The maximum absolute atomic E-state index is 12.3. The van der Waals surface area contributed by atoms with Crippen molar-refractivity contribution in [1.29, 1.82) is 0 Å². The highest BCUT2D eigenvalue weighted by atomic mass is 35.5. The van der Waals surface area contributed by atoms with Gasteiger partial charge in [0.1, 0.15) is 4.90 Å². The molecule has 1 aromatic rings. The number of amides is 1. The van der Waals surface area contributed by atoms with Gasteiger partial charge in [-0.2, -0.15) is 4.72 Å². The van der Waals surface area contributed by atoms with Gasteiger partial charge in [0, 0.05) is 13.1 Å². The second-order valence-electron chi connectivity index (χ2n) is 4.71. The van der Waals surface area contributed by atoms with Crippen LogP contribution in [0.25, 0.3) is 0 Å². The van der Waals surface area contributed by atoms with Crippen LogP contribution in [-0.4, -0.2) is 51.6 Å². The number of hydrogen-bond acceptors (Lipinski definition) is 4. The lowest BCUT2D eigenvalue weighted by atomic mass is 10.3. The van der Waals surface area contributed by atoms with Gasteiger partial charge in [0.2, 0.25) is 15.9 Å². The van der Waals surface area contributed by atoms with Crippen LogP contribution in [0, 0.1) is 0 Å². The van der Waals surface area contributed by atoms with Gasteiger partial charge in [0.15, 0.2) is 0 Å². The summed E-state index contributed by atoms with van der Waals surface area (Å²) in [6, 6.07) is 5.25. The van der Waals surface area contributed by atoms with E-state index in [1.54, 1.807) is 17.0 Å². The summed E-state index contributed by atoms with van der Waals surface area (Å²) in [5, 5.41) is 0.121. The molecule has 1 heterocycles. The largest absolute Gasteiger partial charge is 0.378 e. The van der Waals surface area contributed by atoms with Crippen LogP contribution in [-0.2, 0) is 19.6 Å². The Hall–Kier alpha value is -1.15. The normalized spacial score (nSPS) is 17.5. The molecule has 1 fully saturated rings. The molecule has 21 heavy (non-hydrogen) atoms. The molecule has 6 nitrogen and oxygen atoms in total. The van der Waals surface area contributed by atoms with Gasteiger partial charge in [-0.25, -0.2) is 8.42 Å². The molecule has 0 bridgehead atoms. The highest BCUT2D eigenvalue weighted by Gasteiger charge is 2.27. The monoisotopic (exact) mass is 332 g/mol. The number of morpholine rings is 1. The predicted molar refractivity (Wildman–Crippen MR) is 78.6 cm³/mol. The first-order valence-corrected chi connectivity index (χ1v) is 8.41. The fourth-order valence-electron chi connectivity index (χ4n) is 2.07. The van der Waals surface area contributed by atoms with E-state index in [9.17, 15) is 13.2 Å². The number of halogens is 1. The summed E-state index contributed by atoms with van der Waals surface area (Å²) in [6.45, 7) is 3.39. The Morgan fingerprint density at radius 2 is 1.95 bits per heavy atom. The first-order chi connectivity index (χ1) is 9.92. The fraction of sp³-hybridized carbons (Fsp3) is 0.462. The van der Waals surface area contributed by atoms with E-state index in [-0.39, 0.29) is 15.8 Å². The minimum absolute atomic E-state index is 0.0340. The minimum atomic E-state index is -3.83. The number of sulfonamides is 1. The van der Waals surface area contributed by atoms with Crippen LogP contribution in [0.2, 0.25) is 5.02 Å². The van der Waals surface area contributed by atoms with Crippen molar-refractivity contribution in [2.45, 2.75) is 17.9 Å². The Labute approximate surface area is 129 Å². The third-order valence-electron chi connectivity index (χ3n) is 3.15. The molecule has 0 aliphatic carbocycles. The molecule has 1 amide bonds. The van der Waals surface area contributed by atoms with Crippen LogP contribution in [0.1, 0.15) is 6.92 Å². The van der Waals surface area contributed by atoms with E-state index in [0.29, 0.717) is 26.3 Å². The molecule has 0 radical (unpaired) electrons.